The van der Waals surface area contributed by atoms with E-state index in [4.69, 9.17) is 14.2 Å². The molecule has 1 aromatic carbocycles. The quantitative estimate of drug-likeness (QED) is 0.652. The zero-order valence-electron chi connectivity index (χ0n) is 14.8. The van der Waals surface area contributed by atoms with E-state index in [0.717, 1.165) is 10.0 Å². The van der Waals surface area contributed by atoms with Crippen LogP contribution in [0.1, 0.15) is 22.3 Å². The standard InChI is InChI=1S/C18H19BrN2O6/c1-25-17(24)14-7-18(26-4-5-27-18)10-21(14)15(22)9-20-8-11-6-12(19)2-3-13(11)16(20)23/h2-3,6,14H,4-5,7-10H2,1H3/t14-/m0/s1. The number of benzene rings is 1. The second-order valence-corrected chi connectivity index (χ2v) is 7.75. The van der Waals surface area contributed by atoms with Crippen molar-refractivity contribution in [3.63, 3.8) is 0 Å². The van der Waals surface area contributed by atoms with Crippen molar-refractivity contribution in [2.75, 3.05) is 33.4 Å². The second kappa shape index (κ2) is 6.88. The molecule has 27 heavy (non-hydrogen) atoms. The molecular weight excluding hydrogens is 420 g/mol. The van der Waals surface area contributed by atoms with Crippen LogP contribution in [0.2, 0.25) is 0 Å². The van der Waals surface area contributed by atoms with Gasteiger partial charge in [0.1, 0.15) is 12.6 Å². The third kappa shape index (κ3) is 3.24. The maximum absolute atomic E-state index is 12.9. The number of halogens is 1. The minimum atomic E-state index is -0.961. The Balaban J connectivity index is 1.50. The van der Waals surface area contributed by atoms with Crippen molar-refractivity contribution in [2.45, 2.75) is 24.8 Å². The Morgan fingerprint density at radius 1 is 1.33 bits per heavy atom. The van der Waals surface area contributed by atoms with Crippen LogP contribution < -0.4 is 0 Å². The van der Waals surface area contributed by atoms with Gasteiger partial charge in [-0.1, -0.05) is 15.9 Å². The Morgan fingerprint density at radius 3 is 2.78 bits per heavy atom. The van der Waals surface area contributed by atoms with Crippen molar-refractivity contribution in [3.8, 4) is 0 Å². The summed E-state index contributed by atoms with van der Waals surface area (Å²) < 4.78 is 17.0. The fourth-order valence-electron chi connectivity index (χ4n) is 3.89. The zero-order valence-corrected chi connectivity index (χ0v) is 16.4. The van der Waals surface area contributed by atoms with Gasteiger partial charge in [0.15, 0.2) is 5.79 Å². The van der Waals surface area contributed by atoms with Crippen molar-refractivity contribution in [1.82, 2.24) is 9.80 Å². The first-order chi connectivity index (χ1) is 12.9. The number of likely N-dealkylation sites (tertiary alicyclic amines) is 1. The maximum atomic E-state index is 12.9. The van der Waals surface area contributed by atoms with Gasteiger partial charge in [0, 0.05) is 23.0 Å². The zero-order chi connectivity index (χ0) is 19.2. The van der Waals surface area contributed by atoms with E-state index in [9.17, 15) is 14.4 Å². The third-order valence-corrected chi connectivity index (χ3v) is 5.66. The Bertz CT molecular complexity index is 807. The Morgan fingerprint density at radius 2 is 2.07 bits per heavy atom. The summed E-state index contributed by atoms with van der Waals surface area (Å²) in [6.07, 6.45) is 0.229. The fraction of sp³-hybridized carbons (Fsp3) is 0.500. The van der Waals surface area contributed by atoms with Gasteiger partial charge in [0.2, 0.25) is 5.91 Å². The first kappa shape index (κ1) is 18.4. The number of hydrogen-bond acceptors (Lipinski definition) is 6. The molecular formula is C18H19BrN2O6. The lowest BCUT2D eigenvalue weighted by atomic mass is 10.1. The van der Waals surface area contributed by atoms with Crippen LogP contribution >= 0.6 is 15.9 Å². The molecule has 0 aliphatic carbocycles. The maximum Gasteiger partial charge on any atom is 0.328 e. The number of carbonyl (C=O) groups excluding carboxylic acids is 3. The summed E-state index contributed by atoms with van der Waals surface area (Å²) >= 11 is 3.39. The molecule has 0 unspecified atom stereocenters. The lowest BCUT2D eigenvalue weighted by Crippen LogP contribution is -2.46. The molecule has 0 aromatic heterocycles. The van der Waals surface area contributed by atoms with E-state index in [2.05, 4.69) is 15.9 Å². The summed E-state index contributed by atoms with van der Waals surface area (Å²) in [6.45, 7) is 1.23. The molecule has 0 saturated carbocycles. The number of ether oxygens (including phenoxy) is 3. The van der Waals surface area contributed by atoms with Gasteiger partial charge >= 0.3 is 5.97 Å². The summed E-state index contributed by atoms with van der Waals surface area (Å²) in [5.74, 6) is -2.00. The number of rotatable bonds is 3. The van der Waals surface area contributed by atoms with Gasteiger partial charge in [-0.2, -0.15) is 0 Å². The number of methoxy groups -OCH3 is 1. The number of nitrogens with zero attached hydrogens (tertiary/aromatic N) is 2. The molecule has 3 aliphatic rings. The predicted octanol–water partition coefficient (Wildman–Crippen LogP) is 0.922. The molecule has 1 spiro atoms. The summed E-state index contributed by atoms with van der Waals surface area (Å²) in [4.78, 5) is 40.6. The average molecular weight is 439 g/mol. The number of carbonyl (C=O) groups is 3. The lowest BCUT2D eigenvalue weighted by molar-refractivity contribution is -0.152. The molecule has 1 atom stereocenters. The monoisotopic (exact) mass is 438 g/mol. The van der Waals surface area contributed by atoms with Crippen molar-refractivity contribution in [1.29, 1.82) is 0 Å². The molecule has 4 rings (SSSR count). The molecule has 3 aliphatic heterocycles. The van der Waals surface area contributed by atoms with Crippen LogP contribution in [-0.4, -0.2) is 72.8 Å². The van der Waals surface area contributed by atoms with Gasteiger partial charge in [-0.05, 0) is 23.8 Å². The Labute approximate surface area is 164 Å². The van der Waals surface area contributed by atoms with Crippen LogP contribution in [0.15, 0.2) is 22.7 Å². The van der Waals surface area contributed by atoms with E-state index in [1.54, 1.807) is 12.1 Å². The SMILES string of the molecule is COC(=O)[C@@H]1CC2(CN1C(=O)CN1Cc3cc(Br)ccc3C1=O)OCCO2. The van der Waals surface area contributed by atoms with Crippen molar-refractivity contribution in [3.05, 3.63) is 33.8 Å². The van der Waals surface area contributed by atoms with E-state index in [1.165, 1.54) is 16.9 Å². The van der Waals surface area contributed by atoms with E-state index >= 15 is 0 Å². The minimum Gasteiger partial charge on any atom is -0.467 e. The molecule has 0 radical (unpaired) electrons. The van der Waals surface area contributed by atoms with Gasteiger partial charge in [0.25, 0.3) is 5.91 Å². The normalized spacial score (nSPS) is 23.2. The van der Waals surface area contributed by atoms with Crippen molar-refractivity contribution in [2.24, 2.45) is 0 Å². The topological polar surface area (TPSA) is 85.4 Å². The van der Waals surface area contributed by atoms with Crippen molar-refractivity contribution >= 4 is 33.7 Å². The Hall–Kier alpha value is -1.97. The van der Waals surface area contributed by atoms with Crippen LogP contribution in [0.25, 0.3) is 0 Å². The first-order valence-corrected chi connectivity index (χ1v) is 9.45. The summed E-state index contributed by atoms with van der Waals surface area (Å²) in [7, 11) is 1.28. The highest BCUT2D eigenvalue weighted by Crippen LogP contribution is 2.35. The smallest absolute Gasteiger partial charge is 0.328 e. The lowest BCUT2D eigenvalue weighted by Gasteiger charge is -2.25. The molecule has 1 aromatic rings. The van der Waals surface area contributed by atoms with E-state index in [1.807, 2.05) is 6.07 Å². The summed E-state index contributed by atoms with van der Waals surface area (Å²) in [5.41, 5.74) is 1.46. The fourth-order valence-corrected chi connectivity index (χ4v) is 4.29. The van der Waals surface area contributed by atoms with Crippen LogP contribution in [0.4, 0.5) is 0 Å². The van der Waals surface area contributed by atoms with Gasteiger partial charge in [-0.3, -0.25) is 9.59 Å². The molecule has 0 bridgehead atoms. The molecule has 2 saturated heterocycles. The summed E-state index contributed by atoms with van der Waals surface area (Å²) in [5, 5.41) is 0. The second-order valence-electron chi connectivity index (χ2n) is 6.84. The van der Waals surface area contributed by atoms with E-state index in [-0.39, 0.29) is 31.3 Å². The third-order valence-electron chi connectivity index (χ3n) is 5.17. The van der Waals surface area contributed by atoms with Crippen LogP contribution in [0, 0.1) is 0 Å². The first-order valence-electron chi connectivity index (χ1n) is 8.65. The highest BCUT2D eigenvalue weighted by atomic mass is 79.9. The molecule has 144 valence electrons. The van der Waals surface area contributed by atoms with Crippen LogP contribution in [0.3, 0.4) is 0 Å². The number of amides is 2. The molecule has 0 N–H and O–H groups in total. The molecule has 8 nitrogen and oxygen atoms in total. The Kier molecular flexibility index (Phi) is 4.69. The van der Waals surface area contributed by atoms with Gasteiger partial charge in [-0.15, -0.1) is 0 Å². The number of esters is 1. The highest BCUT2D eigenvalue weighted by molar-refractivity contribution is 9.10. The highest BCUT2D eigenvalue weighted by Gasteiger charge is 2.53. The van der Waals surface area contributed by atoms with Crippen LogP contribution in [0.5, 0.6) is 0 Å². The molecule has 9 heteroatoms. The van der Waals surface area contributed by atoms with Gasteiger partial charge < -0.3 is 24.0 Å². The number of hydrogen-bond donors (Lipinski definition) is 0. The van der Waals surface area contributed by atoms with E-state index < -0.39 is 17.8 Å². The minimum absolute atomic E-state index is 0.116. The summed E-state index contributed by atoms with van der Waals surface area (Å²) in [6, 6.07) is 4.64. The average Bonchev–Trinajstić information content (AvgIpc) is 3.34. The van der Waals surface area contributed by atoms with Gasteiger partial charge in [0.05, 0.1) is 26.9 Å². The van der Waals surface area contributed by atoms with E-state index in [0.29, 0.717) is 25.3 Å². The van der Waals surface area contributed by atoms with Gasteiger partial charge in [-0.25, -0.2) is 4.79 Å². The molecule has 3 heterocycles. The van der Waals surface area contributed by atoms with Crippen molar-refractivity contribution < 1.29 is 28.6 Å². The molecule has 2 fully saturated rings. The largest absolute Gasteiger partial charge is 0.467 e. The number of fused-ring (bicyclic) bond motifs is 1. The van der Waals surface area contributed by atoms with Crippen LogP contribution in [-0.2, 0) is 30.3 Å². The predicted molar refractivity (Wildman–Crippen MR) is 95.7 cm³/mol. The molecule has 2 amide bonds.